The minimum atomic E-state index is 0.146. The molecule has 1 aliphatic rings. The van der Waals surface area contributed by atoms with E-state index in [0.717, 1.165) is 34.7 Å². The molecular formula is C15H17BrClN3. The first-order valence-corrected chi connectivity index (χ1v) is 7.84. The molecule has 0 saturated carbocycles. The predicted molar refractivity (Wildman–Crippen MR) is 85.3 cm³/mol. The van der Waals surface area contributed by atoms with E-state index in [2.05, 4.69) is 38.5 Å². The van der Waals surface area contributed by atoms with E-state index in [1.807, 2.05) is 30.8 Å². The molecule has 1 aliphatic heterocycles. The second-order valence-corrected chi connectivity index (χ2v) is 6.77. The van der Waals surface area contributed by atoms with Crippen LogP contribution in [-0.4, -0.2) is 22.9 Å². The summed E-state index contributed by atoms with van der Waals surface area (Å²) in [5.74, 6) is 0. The Morgan fingerprint density at radius 1 is 1.35 bits per heavy atom. The lowest BCUT2D eigenvalue weighted by Crippen LogP contribution is -2.58. The average molecular weight is 355 g/mol. The maximum Gasteiger partial charge on any atom is 0.0738 e. The number of halogens is 2. The first-order valence-electron chi connectivity index (χ1n) is 6.67. The summed E-state index contributed by atoms with van der Waals surface area (Å²) in [5.41, 5.74) is 3.78. The number of rotatable bonds is 3. The van der Waals surface area contributed by atoms with Crippen molar-refractivity contribution in [1.29, 1.82) is 0 Å². The summed E-state index contributed by atoms with van der Waals surface area (Å²) in [5, 5.41) is 8.68. The Balaban J connectivity index is 1.96. The fourth-order valence-corrected chi connectivity index (χ4v) is 3.46. The van der Waals surface area contributed by atoms with E-state index >= 15 is 0 Å². The lowest BCUT2D eigenvalue weighted by Gasteiger charge is -2.43. The van der Waals surface area contributed by atoms with Crippen LogP contribution in [0.25, 0.3) is 0 Å². The van der Waals surface area contributed by atoms with Crippen LogP contribution in [0.5, 0.6) is 0 Å². The lowest BCUT2D eigenvalue weighted by atomic mass is 9.72. The van der Waals surface area contributed by atoms with Crippen LogP contribution in [0.15, 0.2) is 28.7 Å². The molecular weight excluding hydrogens is 338 g/mol. The van der Waals surface area contributed by atoms with E-state index in [4.69, 9.17) is 11.6 Å². The lowest BCUT2D eigenvalue weighted by molar-refractivity contribution is 0.269. The van der Waals surface area contributed by atoms with E-state index in [1.54, 1.807) is 0 Å². The van der Waals surface area contributed by atoms with Crippen LogP contribution in [0.1, 0.15) is 17.0 Å². The molecule has 1 N–H and O–H groups in total. The number of hydrogen-bond donors (Lipinski definition) is 1. The zero-order chi connectivity index (χ0) is 14.3. The third-order valence-electron chi connectivity index (χ3n) is 4.15. The maximum atomic E-state index is 6.00. The first-order chi connectivity index (χ1) is 9.52. The van der Waals surface area contributed by atoms with Crippen molar-refractivity contribution in [3.05, 3.63) is 50.7 Å². The van der Waals surface area contributed by atoms with Gasteiger partial charge in [-0.3, -0.25) is 4.68 Å². The van der Waals surface area contributed by atoms with Gasteiger partial charge in [-0.2, -0.15) is 5.10 Å². The normalized spacial score (nSPS) is 17.0. The van der Waals surface area contributed by atoms with Gasteiger partial charge in [-0.25, -0.2) is 0 Å². The maximum absolute atomic E-state index is 6.00. The minimum Gasteiger partial charge on any atom is -0.315 e. The van der Waals surface area contributed by atoms with Crippen molar-refractivity contribution in [1.82, 2.24) is 15.1 Å². The molecule has 0 bridgehead atoms. The molecule has 0 unspecified atom stereocenters. The summed E-state index contributed by atoms with van der Waals surface area (Å²) in [7, 11) is 2.01. The number of benzene rings is 1. The van der Waals surface area contributed by atoms with Crippen LogP contribution in [-0.2, 0) is 18.9 Å². The Kier molecular flexibility index (Phi) is 3.65. The monoisotopic (exact) mass is 353 g/mol. The van der Waals surface area contributed by atoms with E-state index < -0.39 is 0 Å². The second kappa shape index (κ2) is 5.17. The summed E-state index contributed by atoms with van der Waals surface area (Å²) in [6, 6.07) is 8.22. The van der Waals surface area contributed by atoms with Gasteiger partial charge in [0.05, 0.1) is 15.9 Å². The average Bonchev–Trinajstić information content (AvgIpc) is 2.61. The van der Waals surface area contributed by atoms with Crippen molar-refractivity contribution in [2.75, 3.05) is 13.1 Å². The SMILES string of the molecule is Cc1nn(C)c(CC2(c3ccc(Cl)cc3)CNC2)c1Br. The number of nitrogens with one attached hydrogen (secondary N) is 1. The molecule has 5 heteroatoms. The Labute approximate surface area is 132 Å². The highest BCUT2D eigenvalue weighted by Crippen LogP contribution is 2.35. The highest BCUT2D eigenvalue weighted by atomic mass is 79.9. The Hall–Kier alpha value is -0.840. The molecule has 0 amide bonds. The number of nitrogens with zero attached hydrogens (tertiary/aromatic N) is 2. The molecule has 106 valence electrons. The highest BCUT2D eigenvalue weighted by Gasteiger charge is 2.40. The van der Waals surface area contributed by atoms with Gasteiger partial charge < -0.3 is 5.32 Å². The fourth-order valence-electron chi connectivity index (χ4n) is 2.85. The molecule has 2 aromatic rings. The van der Waals surface area contributed by atoms with Crippen molar-refractivity contribution in [2.45, 2.75) is 18.8 Å². The summed E-state index contributed by atoms with van der Waals surface area (Å²) in [6.07, 6.45) is 0.972. The van der Waals surface area contributed by atoms with Crippen molar-refractivity contribution in [3.8, 4) is 0 Å². The molecule has 3 rings (SSSR count). The predicted octanol–water partition coefficient (Wildman–Crippen LogP) is 3.23. The smallest absolute Gasteiger partial charge is 0.0738 e. The summed E-state index contributed by atoms with van der Waals surface area (Å²) in [4.78, 5) is 0. The second-order valence-electron chi connectivity index (χ2n) is 5.54. The van der Waals surface area contributed by atoms with Crippen LogP contribution >= 0.6 is 27.5 Å². The van der Waals surface area contributed by atoms with Crippen molar-refractivity contribution >= 4 is 27.5 Å². The Bertz CT molecular complexity index is 629. The third-order valence-corrected chi connectivity index (χ3v) is 5.43. The molecule has 1 fully saturated rings. The summed E-state index contributed by atoms with van der Waals surface area (Å²) in [6.45, 7) is 4.01. The molecule has 3 nitrogen and oxygen atoms in total. The van der Waals surface area contributed by atoms with Crippen LogP contribution < -0.4 is 5.32 Å². The standard InChI is InChI=1S/C15H17BrClN3/c1-10-14(16)13(20(2)19-10)7-15(8-18-9-15)11-3-5-12(17)6-4-11/h3-6,18H,7-9H2,1-2H3. The van der Waals surface area contributed by atoms with Gasteiger partial charge in [-0.15, -0.1) is 0 Å². The Morgan fingerprint density at radius 3 is 2.45 bits per heavy atom. The third kappa shape index (κ3) is 2.30. The highest BCUT2D eigenvalue weighted by molar-refractivity contribution is 9.10. The van der Waals surface area contributed by atoms with E-state index in [9.17, 15) is 0 Å². The largest absolute Gasteiger partial charge is 0.315 e. The minimum absolute atomic E-state index is 0.146. The van der Waals surface area contributed by atoms with Crippen LogP contribution in [0.2, 0.25) is 5.02 Å². The number of aryl methyl sites for hydroxylation is 2. The van der Waals surface area contributed by atoms with E-state index in [1.165, 1.54) is 11.3 Å². The zero-order valence-corrected chi connectivity index (χ0v) is 13.9. The molecule has 1 saturated heterocycles. The van der Waals surface area contributed by atoms with Gasteiger partial charge >= 0.3 is 0 Å². The van der Waals surface area contributed by atoms with Crippen LogP contribution in [0, 0.1) is 6.92 Å². The van der Waals surface area contributed by atoms with Gasteiger partial charge in [-0.05, 0) is 40.5 Å². The van der Waals surface area contributed by atoms with Gasteiger partial charge in [0, 0.05) is 37.0 Å². The number of hydrogen-bond acceptors (Lipinski definition) is 2. The topological polar surface area (TPSA) is 29.9 Å². The van der Waals surface area contributed by atoms with Crippen molar-refractivity contribution < 1.29 is 0 Å². The first kappa shape index (κ1) is 14.1. The van der Waals surface area contributed by atoms with Gasteiger partial charge in [-0.1, -0.05) is 23.7 Å². The van der Waals surface area contributed by atoms with Crippen LogP contribution in [0.3, 0.4) is 0 Å². The van der Waals surface area contributed by atoms with Crippen molar-refractivity contribution in [3.63, 3.8) is 0 Å². The quantitative estimate of drug-likeness (QED) is 0.917. The molecule has 1 aromatic heterocycles. The summed E-state index contributed by atoms with van der Waals surface area (Å²) < 4.78 is 3.11. The van der Waals surface area contributed by atoms with Gasteiger partial charge in [0.15, 0.2) is 0 Å². The summed E-state index contributed by atoms with van der Waals surface area (Å²) >= 11 is 9.67. The molecule has 2 heterocycles. The molecule has 0 atom stereocenters. The van der Waals surface area contributed by atoms with E-state index in [-0.39, 0.29) is 5.41 Å². The van der Waals surface area contributed by atoms with E-state index in [0.29, 0.717) is 0 Å². The Morgan fingerprint density at radius 2 is 2.00 bits per heavy atom. The van der Waals surface area contributed by atoms with Gasteiger partial charge in [0.1, 0.15) is 0 Å². The van der Waals surface area contributed by atoms with Crippen molar-refractivity contribution in [2.24, 2.45) is 7.05 Å². The zero-order valence-electron chi connectivity index (χ0n) is 11.6. The van der Waals surface area contributed by atoms with Gasteiger partial charge in [0.25, 0.3) is 0 Å². The molecule has 0 radical (unpaired) electrons. The molecule has 0 aliphatic carbocycles. The fraction of sp³-hybridized carbons (Fsp3) is 0.400. The van der Waals surface area contributed by atoms with Gasteiger partial charge in [0.2, 0.25) is 0 Å². The molecule has 1 aromatic carbocycles. The molecule has 0 spiro atoms. The van der Waals surface area contributed by atoms with Crippen LogP contribution in [0.4, 0.5) is 0 Å². The molecule has 20 heavy (non-hydrogen) atoms. The number of aromatic nitrogens is 2.